The van der Waals surface area contributed by atoms with Crippen molar-refractivity contribution in [3.63, 3.8) is 0 Å². The molecule has 9 aromatic carbocycles. The maximum Gasteiger partial charge on any atom is 0.143 e. The standard InChI is InChI=1S/C54H36N2O/c1-3-16-37(17-4-1)39-18-15-19-40(34-39)38-30-32-42(33-31-38)55(41-20-5-2-6-21-41)43-35-48(54-49(36-43)47-25-10-14-29-53(47)57-54)46-24-9-13-28-52(46)56-50-26-11-7-22-44(50)45-23-8-12-27-51(45)56/h1-36H. The van der Waals surface area contributed by atoms with Crippen LogP contribution >= 0.6 is 0 Å². The zero-order chi connectivity index (χ0) is 37.7. The van der Waals surface area contributed by atoms with Gasteiger partial charge < -0.3 is 13.9 Å². The normalized spacial score (nSPS) is 11.5. The number of furan rings is 1. The summed E-state index contributed by atoms with van der Waals surface area (Å²) in [4.78, 5) is 2.36. The summed E-state index contributed by atoms with van der Waals surface area (Å²) in [5.74, 6) is 0. The van der Waals surface area contributed by atoms with Crippen LogP contribution in [-0.4, -0.2) is 4.57 Å². The predicted octanol–water partition coefficient (Wildman–Crippen LogP) is 15.2. The van der Waals surface area contributed by atoms with Gasteiger partial charge in [0, 0.05) is 49.7 Å². The van der Waals surface area contributed by atoms with Crippen molar-refractivity contribution in [2.75, 3.05) is 4.90 Å². The first-order chi connectivity index (χ1) is 28.3. The van der Waals surface area contributed by atoms with E-state index in [0.717, 1.165) is 55.8 Å². The highest BCUT2D eigenvalue weighted by atomic mass is 16.3. The summed E-state index contributed by atoms with van der Waals surface area (Å²) in [6.07, 6.45) is 0. The third-order valence-corrected chi connectivity index (χ3v) is 11.2. The highest BCUT2D eigenvalue weighted by Crippen LogP contribution is 2.46. The third-order valence-electron chi connectivity index (χ3n) is 11.2. The monoisotopic (exact) mass is 728 g/mol. The van der Waals surface area contributed by atoms with E-state index in [9.17, 15) is 0 Å². The summed E-state index contributed by atoms with van der Waals surface area (Å²) in [6, 6.07) is 78.0. The Kier molecular flexibility index (Phi) is 7.82. The van der Waals surface area contributed by atoms with Crippen molar-refractivity contribution in [1.29, 1.82) is 0 Å². The van der Waals surface area contributed by atoms with Crippen LogP contribution in [0, 0.1) is 0 Å². The zero-order valence-electron chi connectivity index (χ0n) is 31.1. The molecular formula is C54H36N2O. The van der Waals surface area contributed by atoms with Crippen LogP contribution in [0.3, 0.4) is 0 Å². The van der Waals surface area contributed by atoms with Crippen molar-refractivity contribution in [1.82, 2.24) is 4.57 Å². The zero-order valence-corrected chi connectivity index (χ0v) is 31.1. The van der Waals surface area contributed by atoms with Gasteiger partial charge in [0.1, 0.15) is 11.2 Å². The van der Waals surface area contributed by atoms with E-state index >= 15 is 0 Å². The van der Waals surface area contributed by atoms with Crippen LogP contribution in [0.15, 0.2) is 223 Å². The summed E-state index contributed by atoms with van der Waals surface area (Å²) in [6.45, 7) is 0. The maximum absolute atomic E-state index is 6.81. The molecule has 0 saturated carbocycles. The fourth-order valence-electron chi connectivity index (χ4n) is 8.56. The summed E-state index contributed by atoms with van der Waals surface area (Å²) in [5, 5.41) is 4.63. The van der Waals surface area contributed by atoms with E-state index in [-0.39, 0.29) is 0 Å². The number of nitrogens with zero attached hydrogens (tertiary/aromatic N) is 2. The molecule has 0 aliphatic carbocycles. The molecule has 0 aliphatic rings. The summed E-state index contributed by atoms with van der Waals surface area (Å²) < 4.78 is 9.21. The lowest BCUT2D eigenvalue weighted by molar-refractivity contribution is 0.670. The molecule has 0 unspecified atom stereocenters. The van der Waals surface area contributed by atoms with Gasteiger partial charge in [-0.05, 0) is 89.0 Å². The number of para-hydroxylation sites is 5. The third kappa shape index (κ3) is 5.60. The number of hydrogen-bond donors (Lipinski definition) is 0. The van der Waals surface area contributed by atoms with E-state index in [2.05, 4.69) is 222 Å². The molecule has 0 fully saturated rings. The Morgan fingerprint density at radius 1 is 0.333 bits per heavy atom. The topological polar surface area (TPSA) is 21.3 Å². The number of benzene rings is 9. The number of rotatable bonds is 7. The van der Waals surface area contributed by atoms with E-state index < -0.39 is 0 Å². The van der Waals surface area contributed by atoms with Crippen molar-refractivity contribution in [3.05, 3.63) is 218 Å². The molecule has 0 radical (unpaired) electrons. The van der Waals surface area contributed by atoms with Gasteiger partial charge in [-0.1, -0.05) is 152 Å². The van der Waals surface area contributed by atoms with Crippen LogP contribution in [0.5, 0.6) is 0 Å². The highest BCUT2D eigenvalue weighted by Gasteiger charge is 2.22. The average molecular weight is 729 g/mol. The largest absolute Gasteiger partial charge is 0.455 e. The maximum atomic E-state index is 6.81. The molecule has 0 atom stereocenters. The summed E-state index contributed by atoms with van der Waals surface area (Å²) in [7, 11) is 0. The van der Waals surface area contributed by atoms with Crippen molar-refractivity contribution in [3.8, 4) is 39.1 Å². The first-order valence-corrected chi connectivity index (χ1v) is 19.4. The van der Waals surface area contributed by atoms with E-state index in [1.54, 1.807) is 0 Å². The van der Waals surface area contributed by atoms with Crippen LogP contribution in [0.4, 0.5) is 17.1 Å². The Labute approximate surface area is 330 Å². The molecule has 0 bridgehead atoms. The Bertz CT molecular complexity index is 3180. The molecule has 11 rings (SSSR count). The molecular weight excluding hydrogens is 693 g/mol. The van der Waals surface area contributed by atoms with Crippen LogP contribution in [0.25, 0.3) is 82.8 Å². The lowest BCUT2D eigenvalue weighted by atomic mass is 9.98. The lowest BCUT2D eigenvalue weighted by Gasteiger charge is -2.26. The number of anilines is 3. The van der Waals surface area contributed by atoms with E-state index in [1.165, 1.54) is 44.1 Å². The Balaban J connectivity index is 1.12. The van der Waals surface area contributed by atoms with Gasteiger partial charge in [-0.15, -0.1) is 0 Å². The highest BCUT2D eigenvalue weighted by molar-refractivity contribution is 6.13. The molecule has 0 spiro atoms. The summed E-state index contributed by atoms with van der Waals surface area (Å²) in [5.41, 5.74) is 15.3. The van der Waals surface area contributed by atoms with E-state index in [0.29, 0.717) is 0 Å². The average Bonchev–Trinajstić information content (AvgIpc) is 3.83. The second-order valence-electron chi connectivity index (χ2n) is 14.5. The molecule has 0 amide bonds. The SMILES string of the molecule is c1ccc(-c2cccc(-c3ccc(N(c4ccccc4)c4cc(-c5ccccc5-n5c6ccccc6c6ccccc65)c5oc6ccccc6c5c4)cc3)c2)cc1. The molecule has 0 aliphatic heterocycles. The smallest absolute Gasteiger partial charge is 0.143 e. The predicted molar refractivity (Wildman–Crippen MR) is 239 cm³/mol. The van der Waals surface area contributed by atoms with Crippen molar-refractivity contribution in [2.45, 2.75) is 0 Å². The Morgan fingerprint density at radius 3 is 1.60 bits per heavy atom. The Hall–Kier alpha value is -7.62. The van der Waals surface area contributed by atoms with Crippen molar-refractivity contribution < 1.29 is 4.42 Å². The van der Waals surface area contributed by atoms with Crippen molar-refractivity contribution in [2.24, 2.45) is 0 Å². The first-order valence-electron chi connectivity index (χ1n) is 19.4. The van der Waals surface area contributed by atoms with Gasteiger partial charge in [0.25, 0.3) is 0 Å². The molecule has 3 heteroatoms. The minimum absolute atomic E-state index is 0.869. The van der Waals surface area contributed by atoms with Gasteiger partial charge in [0.05, 0.1) is 16.7 Å². The fourth-order valence-corrected chi connectivity index (χ4v) is 8.56. The van der Waals surface area contributed by atoms with Gasteiger partial charge in [-0.2, -0.15) is 0 Å². The van der Waals surface area contributed by atoms with Gasteiger partial charge in [-0.3, -0.25) is 0 Å². The fraction of sp³-hybridized carbons (Fsp3) is 0. The second kappa shape index (κ2) is 13.6. The minimum atomic E-state index is 0.869. The van der Waals surface area contributed by atoms with Gasteiger partial charge in [0.15, 0.2) is 0 Å². The molecule has 11 aromatic rings. The number of hydrogen-bond acceptors (Lipinski definition) is 2. The van der Waals surface area contributed by atoms with Crippen LogP contribution in [0.2, 0.25) is 0 Å². The van der Waals surface area contributed by atoms with Crippen LogP contribution < -0.4 is 4.90 Å². The minimum Gasteiger partial charge on any atom is -0.455 e. The summed E-state index contributed by atoms with van der Waals surface area (Å²) >= 11 is 0. The van der Waals surface area contributed by atoms with Crippen LogP contribution in [-0.2, 0) is 0 Å². The number of fused-ring (bicyclic) bond motifs is 6. The Morgan fingerprint density at radius 2 is 0.877 bits per heavy atom. The lowest BCUT2D eigenvalue weighted by Crippen LogP contribution is -2.10. The van der Waals surface area contributed by atoms with Gasteiger partial charge >= 0.3 is 0 Å². The van der Waals surface area contributed by atoms with Crippen LogP contribution in [0.1, 0.15) is 0 Å². The van der Waals surface area contributed by atoms with Gasteiger partial charge in [0.2, 0.25) is 0 Å². The molecule has 3 nitrogen and oxygen atoms in total. The van der Waals surface area contributed by atoms with E-state index in [4.69, 9.17) is 4.42 Å². The second-order valence-corrected chi connectivity index (χ2v) is 14.5. The molecule has 57 heavy (non-hydrogen) atoms. The molecule has 2 heterocycles. The van der Waals surface area contributed by atoms with Crippen molar-refractivity contribution >= 4 is 60.8 Å². The van der Waals surface area contributed by atoms with Gasteiger partial charge in [-0.25, -0.2) is 0 Å². The molecule has 0 saturated heterocycles. The van der Waals surface area contributed by atoms with E-state index in [1.807, 2.05) is 6.07 Å². The quantitative estimate of drug-likeness (QED) is 0.163. The molecule has 268 valence electrons. The number of aromatic nitrogens is 1. The molecule has 2 aromatic heterocycles. The first kappa shape index (κ1) is 32.8. The molecule has 0 N–H and O–H groups in total.